The molecule has 0 spiro atoms. The highest BCUT2D eigenvalue weighted by Gasteiger charge is 2.34. The highest BCUT2D eigenvalue weighted by molar-refractivity contribution is 7.10. The smallest absolute Gasteiger partial charge is 0.248 e. The summed E-state index contributed by atoms with van der Waals surface area (Å²) in [5.41, 5.74) is 1.42. The monoisotopic (exact) mass is 448 g/mol. The number of carbonyl (C=O) groups is 2. The summed E-state index contributed by atoms with van der Waals surface area (Å²) >= 11 is 1.54. The van der Waals surface area contributed by atoms with Gasteiger partial charge in [0, 0.05) is 16.6 Å². The first-order valence-electron chi connectivity index (χ1n) is 11.0. The second-order valence-corrected chi connectivity index (χ2v) is 9.06. The highest BCUT2D eigenvalue weighted by Crippen LogP contribution is 2.31. The molecule has 5 nitrogen and oxygen atoms in total. The van der Waals surface area contributed by atoms with Crippen molar-refractivity contribution in [1.29, 1.82) is 0 Å². The minimum absolute atomic E-state index is 0.118. The lowest BCUT2D eigenvalue weighted by molar-refractivity contribution is -0.127. The van der Waals surface area contributed by atoms with Gasteiger partial charge in [-0.2, -0.15) is 0 Å². The number of carbonyl (C=O) groups excluding carboxylic acids is 2. The number of para-hydroxylation sites is 1. The van der Waals surface area contributed by atoms with E-state index in [1.54, 1.807) is 23.3 Å². The minimum Gasteiger partial charge on any atom is -0.497 e. The van der Waals surface area contributed by atoms with Crippen molar-refractivity contribution in [2.24, 2.45) is 0 Å². The van der Waals surface area contributed by atoms with Crippen LogP contribution in [0, 0.1) is 0 Å². The molecular weight excluding hydrogens is 420 g/mol. The van der Waals surface area contributed by atoms with Crippen LogP contribution < -0.4 is 15.0 Å². The lowest BCUT2D eigenvalue weighted by Gasteiger charge is -2.32. The SMILES string of the molecule is COc1cccc([C@@H](C(=O)NC2CCCC2)N(C(=O)Cc2cccs2)c2ccccc2)c1. The van der Waals surface area contributed by atoms with Crippen molar-refractivity contribution in [2.45, 2.75) is 44.2 Å². The van der Waals surface area contributed by atoms with Gasteiger partial charge in [-0.3, -0.25) is 14.5 Å². The summed E-state index contributed by atoms with van der Waals surface area (Å²) in [6.45, 7) is 0. The number of thiophene rings is 1. The summed E-state index contributed by atoms with van der Waals surface area (Å²) in [6.07, 6.45) is 4.43. The number of hydrogen-bond acceptors (Lipinski definition) is 4. The summed E-state index contributed by atoms with van der Waals surface area (Å²) in [5.74, 6) is 0.376. The number of anilines is 1. The Morgan fingerprint density at radius 1 is 1.06 bits per heavy atom. The second kappa shape index (κ2) is 10.5. The van der Waals surface area contributed by atoms with Crippen LogP contribution in [0.3, 0.4) is 0 Å². The maximum Gasteiger partial charge on any atom is 0.248 e. The van der Waals surface area contributed by atoms with Crippen LogP contribution in [0.4, 0.5) is 5.69 Å². The van der Waals surface area contributed by atoms with Gasteiger partial charge in [-0.1, -0.05) is 49.2 Å². The number of ether oxygens (including phenoxy) is 1. The Bertz CT molecular complexity index is 1030. The van der Waals surface area contributed by atoms with Crippen LogP contribution in [0.5, 0.6) is 5.75 Å². The number of methoxy groups -OCH3 is 1. The first kappa shape index (κ1) is 22.1. The molecule has 1 aromatic heterocycles. The van der Waals surface area contributed by atoms with E-state index in [0.29, 0.717) is 11.4 Å². The van der Waals surface area contributed by atoms with E-state index in [4.69, 9.17) is 4.74 Å². The third-order valence-electron chi connectivity index (χ3n) is 5.83. The van der Waals surface area contributed by atoms with E-state index in [-0.39, 0.29) is 24.3 Å². The molecule has 4 rings (SSSR count). The molecule has 1 aliphatic carbocycles. The van der Waals surface area contributed by atoms with Crippen molar-refractivity contribution in [3.63, 3.8) is 0 Å². The van der Waals surface area contributed by atoms with Crippen molar-refractivity contribution in [1.82, 2.24) is 5.32 Å². The molecular formula is C26H28N2O3S. The number of hydrogen-bond donors (Lipinski definition) is 1. The standard InChI is InChI=1S/C26H28N2O3S/c1-31-22-14-7-9-19(17-22)25(26(30)27-20-10-5-6-11-20)28(21-12-3-2-4-13-21)24(29)18-23-15-8-16-32-23/h2-4,7-9,12-17,20,25H,5-6,10-11,18H2,1H3,(H,27,30)/t25-/m0/s1. The van der Waals surface area contributed by atoms with Gasteiger partial charge in [0.1, 0.15) is 11.8 Å². The van der Waals surface area contributed by atoms with Crippen molar-refractivity contribution in [2.75, 3.05) is 12.0 Å². The number of nitrogens with zero attached hydrogens (tertiary/aromatic N) is 1. The molecule has 0 saturated heterocycles. The lowest BCUT2D eigenvalue weighted by atomic mass is 10.0. The fraction of sp³-hybridized carbons (Fsp3) is 0.308. The molecule has 0 aliphatic heterocycles. The molecule has 166 valence electrons. The topological polar surface area (TPSA) is 58.6 Å². The Kier molecular flexibility index (Phi) is 7.22. The maximum atomic E-state index is 13.7. The van der Waals surface area contributed by atoms with Crippen LogP contribution in [-0.4, -0.2) is 25.0 Å². The summed E-state index contributed by atoms with van der Waals surface area (Å²) in [7, 11) is 1.60. The van der Waals surface area contributed by atoms with Gasteiger partial charge < -0.3 is 10.1 Å². The van der Waals surface area contributed by atoms with E-state index >= 15 is 0 Å². The third kappa shape index (κ3) is 5.19. The zero-order valence-corrected chi connectivity index (χ0v) is 19.0. The predicted octanol–water partition coefficient (Wildman–Crippen LogP) is 5.13. The Hall–Kier alpha value is -3.12. The molecule has 32 heavy (non-hydrogen) atoms. The van der Waals surface area contributed by atoms with Gasteiger partial charge in [0.05, 0.1) is 13.5 Å². The second-order valence-electron chi connectivity index (χ2n) is 8.02. The molecule has 2 amide bonds. The van der Waals surface area contributed by atoms with Crippen molar-refractivity contribution in [3.8, 4) is 5.75 Å². The van der Waals surface area contributed by atoms with Gasteiger partial charge >= 0.3 is 0 Å². The molecule has 0 radical (unpaired) electrons. The summed E-state index contributed by atoms with van der Waals surface area (Å²) in [5, 5.41) is 5.17. The van der Waals surface area contributed by atoms with Gasteiger partial charge in [0.2, 0.25) is 11.8 Å². The normalized spacial score (nSPS) is 14.7. The van der Waals surface area contributed by atoms with Crippen molar-refractivity contribution in [3.05, 3.63) is 82.6 Å². The van der Waals surface area contributed by atoms with E-state index in [0.717, 1.165) is 36.1 Å². The van der Waals surface area contributed by atoms with E-state index in [1.807, 2.05) is 72.1 Å². The van der Waals surface area contributed by atoms with Crippen LogP contribution in [0.1, 0.15) is 42.2 Å². The first-order chi connectivity index (χ1) is 15.7. The molecule has 1 aliphatic rings. The van der Waals surface area contributed by atoms with E-state index < -0.39 is 6.04 Å². The summed E-state index contributed by atoms with van der Waals surface area (Å²) in [6, 6.07) is 20.1. The molecule has 1 atom stereocenters. The Morgan fingerprint density at radius 2 is 1.84 bits per heavy atom. The number of benzene rings is 2. The van der Waals surface area contributed by atoms with Gasteiger partial charge in [-0.15, -0.1) is 11.3 Å². The lowest BCUT2D eigenvalue weighted by Crippen LogP contribution is -2.46. The van der Waals surface area contributed by atoms with E-state index in [2.05, 4.69) is 5.32 Å². The predicted molar refractivity (Wildman–Crippen MR) is 128 cm³/mol. The van der Waals surface area contributed by atoms with Gasteiger partial charge in [-0.05, 0) is 54.1 Å². The maximum absolute atomic E-state index is 13.7. The van der Waals surface area contributed by atoms with Crippen LogP contribution in [-0.2, 0) is 16.0 Å². The molecule has 6 heteroatoms. The van der Waals surface area contributed by atoms with Crippen LogP contribution >= 0.6 is 11.3 Å². The molecule has 0 unspecified atom stereocenters. The first-order valence-corrected chi connectivity index (χ1v) is 11.9. The summed E-state index contributed by atoms with van der Waals surface area (Å²) in [4.78, 5) is 29.9. The van der Waals surface area contributed by atoms with Crippen LogP contribution in [0.25, 0.3) is 0 Å². The highest BCUT2D eigenvalue weighted by atomic mass is 32.1. The zero-order valence-electron chi connectivity index (χ0n) is 18.2. The van der Waals surface area contributed by atoms with Gasteiger partial charge in [0.25, 0.3) is 0 Å². The van der Waals surface area contributed by atoms with E-state index in [1.165, 1.54) is 0 Å². The molecule has 1 N–H and O–H groups in total. The molecule has 1 saturated carbocycles. The quantitative estimate of drug-likeness (QED) is 0.520. The number of nitrogens with one attached hydrogen (secondary N) is 1. The largest absolute Gasteiger partial charge is 0.497 e. The molecule has 1 heterocycles. The minimum atomic E-state index is -0.791. The Labute approximate surface area is 193 Å². The van der Waals surface area contributed by atoms with Crippen molar-refractivity contribution < 1.29 is 14.3 Å². The molecule has 0 bridgehead atoms. The number of amides is 2. The van der Waals surface area contributed by atoms with E-state index in [9.17, 15) is 9.59 Å². The van der Waals surface area contributed by atoms with Crippen molar-refractivity contribution >= 4 is 28.8 Å². The average molecular weight is 449 g/mol. The Balaban J connectivity index is 1.75. The third-order valence-corrected chi connectivity index (χ3v) is 6.70. The molecule has 3 aromatic rings. The average Bonchev–Trinajstić information content (AvgIpc) is 3.52. The molecule has 2 aromatic carbocycles. The van der Waals surface area contributed by atoms with Gasteiger partial charge in [-0.25, -0.2) is 0 Å². The molecule has 1 fully saturated rings. The zero-order chi connectivity index (χ0) is 22.3. The Morgan fingerprint density at radius 3 is 2.53 bits per heavy atom. The van der Waals surface area contributed by atoms with Gasteiger partial charge in [0.15, 0.2) is 0 Å². The fourth-order valence-corrected chi connectivity index (χ4v) is 4.95. The number of rotatable bonds is 8. The van der Waals surface area contributed by atoms with Crippen LogP contribution in [0.15, 0.2) is 72.1 Å². The van der Waals surface area contributed by atoms with Crippen LogP contribution in [0.2, 0.25) is 0 Å². The summed E-state index contributed by atoms with van der Waals surface area (Å²) < 4.78 is 5.42. The fourth-order valence-electron chi connectivity index (χ4n) is 4.25.